The van der Waals surface area contributed by atoms with Crippen LogP contribution < -0.4 is 11.1 Å². The van der Waals surface area contributed by atoms with Crippen LogP contribution in [0.2, 0.25) is 5.02 Å². The predicted molar refractivity (Wildman–Crippen MR) is 73.3 cm³/mol. The zero-order valence-electron chi connectivity index (χ0n) is 9.87. The largest absolute Gasteiger partial charge is 0.398 e. The molecule has 0 saturated carbocycles. The summed E-state index contributed by atoms with van der Waals surface area (Å²) in [6, 6.07) is 3.29. The summed E-state index contributed by atoms with van der Waals surface area (Å²) in [7, 11) is 0. The minimum absolute atomic E-state index is 0.411. The monoisotopic (exact) mass is 266 g/mol. The third kappa shape index (κ3) is 2.11. The first-order valence-electron chi connectivity index (χ1n) is 5.78. The Kier molecular flexibility index (Phi) is 3.63. The molecule has 5 nitrogen and oxygen atoms in total. The fraction of sp³-hybridized carbons (Fsp3) is 0.417. The van der Waals surface area contributed by atoms with Gasteiger partial charge in [-0.05, 0) is 43.6 Å². The zero-order valence-corrected chi connectivity index (χ0v) is 10.6. The average Bonchev–Trinajstić information content (AvgIpc) is 2.38. The first kappa shape index (κ1) is 13.0. The highest BCUT2D eigenvalue weighted by atomic mass is 35.5. The molecule has 0 bridgehead atoms. The molecule has 0 atom stereocenters. The molecule has 0 spiro atoms. The van der Waals surface area contributed by atoms with E-state index in [-0.39, 0.29) is 0 Å². The van der Waals surface area contributed by atoms with Crippen LogP contribution in [0.4, 0.5) is 5.69 Å². The number of hydrogen-bond donors (Lipinski definition) is 3. The Morgan fingerprint density at radius 1 is 1.44 bits per heavy atom. The average molecular weight is 267 g/mol. The fourth-order valence-electron chi connectivity index (χ4n) is 2.44. The number of nitrogens with two attached hydrogens (primary N) is 1. The first-order valence-corrected chi connectivity index (χ1v) is 6.16. The molecule has 1 fully saturated rings. The summed E-state index contributed by atoms with van der Waals surface area (Å²) >= 11 is 6.00. The van der Waals surface area contributed by atoms with Gasteiger partial charge in [0.25, 0.3) is 0 Å². The second-order valence-corrected chi connectivity index (χ2v) is 4.91. The third-order valence-corrected chi connectivity index (χ3v) is 3.65. The Morgan fingerprint density at radius 3 is 2.67 bits per heavy atom. The van der Waals surface area contributed by atoms with Gasteiger partial charge < -0.3 is 16.5 Å². The van der Waals surface area contributed by atoms with Crippen molar-refractivity contribution < 1.29 is 0 Å². The molecule has 0 radical (unpaired) electrons. The van der Waals surface area contributed by atoms with Crippen LogP contribution in [0.1, 0.15) is 24.0 Å². The summed E-state index contributed by atoms with van der Waals surface area (Å²) in [4.78, 5) is 11.3. The lowest BCUT2D eigenvalue weighted by molar-refractivity contribution is 0.317. The summed E-state index contributed by atoms with van der Waals surface area (Å²) in [5.41, 5.74) is 6.66. The van der Waals surface area contributed by atoms with E-state index in [9.17, 15) is 4.91 Å². The second kappa shape index (κ2) is 5.04. The Hall–Kier alpha value is -1.46. The molecule has 2 rings (SSSR count). The molecule has 4 N–H and O–H groups in total. The van der Waals surface area contributed by atoms with E-state index in [0.717, 1.165) is 19.3 Å². The van der Waals surface area contributed by atoms with Crippen molar-refractivity contribution >= 4 is 23.5 Å². The fourth-order valence-corrected chi connectivity index (χ4v) is 2.66. The number of halogens is 1. The van der Waals surface area contributed by atoms with Gasteiger partial charge in [0.1, 0.15) is 5.54 Å². The predicted octanol–water partition coefficient (Wildman–Crippen LogP) is 2.26. The van der Waals surface area contributed by atoms with Crippen LogP contribution in [-0.2, 0) is 5.54 Å². The Bertz CT molecular complexity index is 483. The van der Waals surface area contributed by atoms with Crippen LogP contribution in [0.15, 0.2) is 17.3 Å². The van der Waals surface area contributed by atoms with Crippen LogP contribution in [-0.4, -0.2) is 19.3 Å². The molecule has 6 heteroatoms. The van der Waals surface area contributed by atoms with E-state index in [2.05, 4.69) is 10.5 Å². The number of piperidine rings is 1. The van der Waals surface area contributed by atoms with Crippen LogP contribution in [0.25, 0.3) is 0 Å². The molecule has 1 aromatic rings. The number of anilines is 1. The highest BCUT2D eigenvalue weighted by molar-refractivity contribution is 6.31. The minimum Gasteiger partial charge on any atom is -0.398 e. The van der Waals surface area contributed by atoms with Crippen molar-refractivity contribution in [1.82, 2.24) is 5.32 Å². The summed E-state index contributed by atoms with van der Waals surface area (Å²) in [5.74, 6) is 0. The number of hydrogen-bond acceptors (Lipinski definition) is 5. The van der Waals surface area contributed by atoms with Crippen LogP contribution in [0.5, 0.6) is 0 Å². The van der Waals surface area contributed by atoms with Crippen molar-refractivity contribution in [3.63, 3.8) is 0 Å². The minimum atomic E-state index is -0.822. The topological polar surface area (TPSA) is 91.3 Å². The number of nitrogens with one attached hydrogen (secondary N) is 2. The Labute approximate surface area is 110 Å². The number of benzene rings is 1. The molecule has 96 valence electrons. The standard InChI is InChI=1S/C12H15ClN4O/c13-8-5-10(9(7-14)11(15)6-8)12(17-18)1-3-16-4-2-12/h5-7,14,16H,1-4,15H2. The molecule has 1 aliphatic rings. The zero-order chi connectivity index (χ0) is 13.2. The van der Waals surface area contributed by atoms with Crippen LogP contribution in [0, 0.1) is 10.3 Å². The molecule has 0 aliphatic carbocycles. The molecule has 1 aliphatic heterocycles. The summed E-state index contributed by atoms with van der Waals surface area (Å²) in [6.45, 7) is 1.44. The van der Waals surface area contributed by atoms with Gasteiger partial charge in [0.2, 0.25) is 0 Å². The molecular formula is C12H15ClN4O. The van der Waals surface area contributed by atoms with E-state index in [1.54, 1.807) is 12.1 Å². The van der Waals surface area contributed by atoms with E-state index >= 15 is 0 Å². The van der Waals surface area contributed by atoms with Gasteiger partial charge in [0.15, 0.2) is 0 Å². The van der Waals surface area contributed by atoms with Crippen LogP contribution in [0.3, 0.4) is 0 Å². The number of nitroso groups, excluding NO2 is 1. The van der Waals surface area contributed by atoms with Gasteiger partial charge in [-0.3, -0.25) is 0 Å². The smallest absolute Gasteiger partial charge is 0.131 e. The van der Waals surface area contributed by atoms with Gasteiger partial charge in [-0.2, -0.15) is 0 Å². The lowest BCUT2D eigenvalue weighted by atomic mass is 9.80. The van der Waals surface area contributed by atoms with Gasteiger partial charge in [-0.25, -0.2) is 0 Å². The lowest BCUT2D eigenvalue weighted by Crippen LogP contribution is -2.39. The quantitative estimate of drug-likeness (QED) is 0.445. The summed E-state index contributed by atoms with van der Waals surface area (Å²) in [5, 5.41) is 14.5. The summed E-state index contributed by atoms with van der Waals surface area (Å²) in [6.07, 6.45) is 2.35. The molecule has 1 aromatic carbocycles. The van der Waals surface area contributed by atoms with Gasteiger partial charge in [0, 0.05) is 22.5 Å². The van der Waals surface area contributed by atoms with E-state index in [1.807, 2.05) is 0 Å². The van der Waals surface area contributed by atoms with Gasteiger partial charge in [-0.1, -0.05) is 16.8 Å². The molecule has 0 amide bonds. The van der Waals surface area contributed by atoms with E-state index in [1.165, 1.54) is 0 Å². The normalized spacial score (nSPS) is 18.3. The lowest BCUT2D eigenvalue weighted by Gasteiger charge is -2.32. The van der Waals surface area contributed by atoms with Crippen molar-refractivity contribution in [2.75, 3.05) is 18.8 Å². The highest BCUT2D eigenvalue weighted by Crippen LogP contribution is 2.39. The van der Waals surface area contributed by atoms with Crippen molar-refractivity contribution in [2.24, 2.45) is 5.18 Å². The van der Waals surface area contributed by atoms with Gasteiger partial charge in [0.05, 0.1) is 0 Å². The Morgan fingerprint density at radius 2 is 2.11 bits per heavy atom. The van der Waals surface area contributed by atoms with E-state index < -0.39 is 5.54 Å². The highest BCUT2D eigenvalue weighted by Gasteiger charge is 2.37. The van der Waals surface area contributed by atoms with Crippen LogP contribution >= 0.6 is 11.6 Å². The van der Waals surface area contributed by atoms with E-state index in [4.69, 9.17) is 22.7 Å². The van der Waals surface area contributed by atoms with Crippen molar-refractivity contribution in [3.05, 3.63) is 33.2 Å². The third-order valence-electron chi connectivity index (χ3n) is 3.43. The molecule has 0 aromatic heterocycles. The number of rotatable bonds is 3. The second-order valence-electron chi connectivity index (χ2n) is 4.47. The van der Waals surface area contributed by atoms with Crippen molar-refractivity contribution in [2.45, 2.75) is 18.4 Å². The van der Waals surface area contributed by atoms with Crippen molar-refractivity contribution in [3.8, 4) is 0 Å². The molecular weight excluding hydrogens is 252 g/mol. The molecule has 1 heterocycles. The van der Waals surface area contributed by atoms with Gasteiger partial charge in [-0.15, -0.1) is 4.91 Å². The number of nitrogen functional groups attached to an aromatic ring is 1. The Balaban J connectivity index is 2.60. The maximum Gasteiger partial charge on any atom is 0.131 e. The SMILES string of the molecule is N=Cc1c(N)cc(Cl)cc1C1(N=O)CCNCC1. The number of nitrogens with zero attached hydrogens (tertiary/aromatic N) is 1. The maximum atomic E-state index is 11.3. The molecule has 18 heavy (non-hydrogen) atoms. The first-order chi connectivity index (χ1) is 8.63. The molecule has 1 saturated heterocycles. The van der Waals surface area contributed by atoms with Gasteiger partial charge >= 0.3 is 0 Å². The molecule has 0 unspecified atom stereocenters. The van der Waals surface area contributed by atoms with E-state index in [0.29, 0.717) is 34.7 Å². The summed E-state index contributed by atoms with van der Waals surface area (Å²) < 4.78 is 0. The maximum absolute atomic E-state index is 11.3. The van der Waals surface area contributed by atoms with Crippen molar-refractivity contribution in [1.29, 1.82) is 5.41 Å².